The molecule has 6 heteroatoms. The van der Waals surface area contributed by atoms with Gasteiger partial charge in [0.05, 0.1) is 6.61 Å². The van der Waals surface area contributed by atoms with Crippen LogP contribution in [0, 0.1) is 5.92 Å². The monoisotopic (exact) mass is 460 g/mol. The number of nitrogens with zero attached hydrogens (tertiary/aromatic N) is 1. The van der Waals surface area contributed by atoms with E-state index < -0.39 is 15.3 Å². The summed E-state index contributed by atoms with van der Waals surface area (Å²) in [6, 6.07) is 4.28. The van der Waals surface area contributed by atoms with E-state index in [1.54, 1.807) is 0 Å². The van der Waals surface area contributed by atoms with Crippen molar-refractivity contribution < 1.29 is 13.2 Å². The number of hydrogen-bond acceptors (Lipinski definition) is 4. The maximum absolute atomic E-state index is 12.5. The second-order valence-corrected chi connectivity index (χ2v) is 13.5. The van der Waals surface area contributed by atoms with Gasteiger partial charge in [0.2, 0.25) is 10.0 Å². The van der Waals surface area contributed by atoms with Crippen LogP contribution >= 0.6 is 0 Å². The number of nitrogens with two attached hydrogens (primary N) is 1. The zero-order valence-corrected chi connectivity index (χ0v) is 21.4. The average Bonchev–Trinajstić information content (AvgIpc) is 3.18. The molecule has 0 saturated heterocycles. The molecule has 1 fully saturated rings. The molecule has 1 aliphatic carbocycles. The minimum Gasteiger partial charge on any atom is -0.492 e. The molecule has 32 heavy (non-hydrogen) atoms. The molecule has 2 atom stereocenters. The quantitative estimate of drug-likeness (QED) is 0.691. The van der Waals surface area contributed by atoms with Gasteiger partial charge in [0.15, 0.2) is 0 Å². The van der Waals surface area contributed by atoms with Crippen molar-refractivity contribution in [1.29, 1.82) is 0 Å². The van der Waals surface area contributed by atoms with Crippen LogP contribution in [0.15, 0.2) is 18.2 Å². The Balaban J connectivity index is 1.83. The fourth-order valence-corrected chi connectivity index (χ4v) is 6.67. The minimum atomic E-state index is -3.68. The normalized spacial score (nSPS) is 26.1. The van der Waals surface area contributed by atoms with Gasteiger partial charge in [-0.2, -0.15) is 0 Å². The Labute approximate surface area is 194 Å². The molecular formula is C26H40N2O3S. The van der Waals surface area contributed by atoms with E-state index in [9.17, 15) is 8.42 Å². The summed E-state index contributed by atoms with van der Waals surface area (Å²) in [5.74, 6) is 1.60. The largest absolute Gasteiger partial charge is 0.492 e. The molecule has 0 radical (unpaired) electrons. The van der Waals surface area contributed by atoms with Crippen molar-refractivity contribution in [1.82, 2.24) is 4.90 Å². The predicted octanol–water partition coefficient (Wildman–Crippen LogP) is 4.94. The van der Waals surface area contributed by atoms with Crippen molar-refractivity contribution in [3.05, 3.63) is 34.9 Å². The van der Waals surface area contributed by atoms with Gasteiger partial charge in [-0.05, 0) is 54.9 Å². The molecule has 1 saturated carbocycles. The molecule has 2 N–H and O–H groups in total. The lowest BCUT2D eigenvalue weighted by atomic mass is 9.79. The van der Waals surface area contributed by atoms with Crippen LogP contribution in [-0.4, -0.2) is 37.8 Å². The number of fused-ring (bicyclic) bond motifs is 1. The molecule has 0 bridgehead atoms. The van der Waals surface area contributed by atoms with Crippen molar-refractivity contribution in [3.8, 4) is 5.75 Å². The molecule has 2 heterocycles. The van der Waals surface area contributed by atoms with E-state index >= 15 is 0 Å². The van der Waals surface area contributed by atoms with Crippen LogP contribution in [0.3, 0.4) is 0 Å². The van der Waals surface area contributed by atoms with E-state index in [1.165, 1.54) is 43.2 Å². The highest BCUT2D eigenvalue weighted by Gasteiger charge is 2.41. The smallest absolute Gasteiger partial charge is 0.217 e. The van der Waals surface area contributed by atoms with Gasteiger partial charge >= 0.3 is 0 Å². The minimum absolute atomic E-state index is 0.0797. The number of rotatable bonds is 4. The van der Waals surface area contributed by atoms with E-state index in [1.807, 2.05) is 13.0 Å². The second-order valence-electron chi connectivity index (χ2n) is 11.8. The van der Waals surface area contributed by atoms with Gasteiger partial charge < -0.3 is 9.64 Å². The Bertz CT molecular complexity index is 1010. The fourth-order valence-electron chi connectivity index (χ4n) is 5.65. The maximum Gasteiger partial charge on any atom is 0.217 e. The number of primary sulfonamides is 1. The summed E-state index contributed by atoms with van der Waals surface area (Å²) < 4.78 is 31.1. The molecule has 2 aliphatic heterocycles. The summed E-state index contributed by atoms with van der Waals surface area (Å²) in [7, 11) is -3.68. The third-order valence-electron chi connectivity index (χ3n) is 7.66. The molecular weight excluding hydrogens is 420 g/mol. The Morgan fingerprint density at radius 3 is 2.41 bits per heavy atom. The molecule has 3 aliphatic rings. The fraction of sp³-hybridized carbons (Fsp3) is 0.692. The summed E-state index contributed by atoms with van der Waals surface area (Å²) in [4.78, 5) is 2.32. The lowest BCUT2D eigenvalue weighted by Crippen LogP contribution is -2.42. The van der Waals surface area contributed by atoms with Crippen molar-refractivity contribution in [2.45, 2.75) is 95.8 Å². The van der Waals surface area contributed by atoms with Crippen LogP contribution in [0.25, 0.3) is 5.70 Å². The van der Waals surface area contributed by atoms with Crippen LogP contribution < -0.4 is 9.88 Å². The van der Waals surface area contributed by atoms with Gasteiger partial charge in [-0.3, -0.25) is 0 Å². The van der Waals surface area contributed by atoms with Crippen LogP contribution in [0.1, 0.15) is 90.3 Å². The number of ether oxygens (including phenoxy) is 1. The van der Waals surface area contributed by atoms with E-state index in [0.29, 0.717) is 12.5 Å². The molecule has 0 aromatic heterocycles. The molecule has 178 valence electrons. The first kappa shape index (κ1) is 23.6. The highest BCUT2D eigenvalue weighted by Crippen LogP contribution is 2.47. The van der Waals surface area contributed by atoms with Crippen LogP contribution in [0.2, 0.25) is 0 Å². The lowest BCUT2D eigenvalue weighted by Gasteiger charge is -2.35. The lowest BCUT2D eigenvalue weighted by molar-refractivity contribution is 0.238. The zero-order chi connectivity index (χ0) is 23.5. The first-order chi connectivity index (χ1) is 14.8. The number of hydrogen-bond donors (Lipinski definition) is 1. The SMILES string of the molecule is CC1C(S(N)(=O)=O)C=C(c2cc(C(C)(C)C)c3c(c2)C(C)(C)CO3)N1CC1CCCCC1. The molecule has 4 rings (SSSR count). The standard InChI is InChI=1S/C26H40N2O3S/c1-17-23(32(27,29)30)14-22(28(17)15-18-10-8-7-9-11-18)19-12-20(25(2,3)4)24-21(13-19)26(5,6)16-31-24/h12-14,17-18,23H,7-11,15-16H2,1-6H3,(H2,27,29,30). The van der Waals surface area contributed by atoms with Gasteiger partial charge in [0, 0.05) is 34.8 Å². The number of benzene rings is 1. The highest BCUT2D eigenvalue weighted by molar-refractivity contribution is 7.90. The predicted molar refractivity (Wildman–Crippen MR) is 131 cm³/mol. The molecule has 5 nitrogen and oxygen atoms in total. The summed E-state index contributed by atoms with van der Waals surface area (Å²) in [6.45, 7) is 14.6. The van der Waals surface area contributed by atoms with E-state index in [-0.39, 0.29) is 16.9 Å². The van der Waals surface area contributed by atoms with Gasteiger partial charge in [-0.25, -0.2) is 13.6 Å². The van der Waals surface area contributed by atoms with Crippen LogP contribution in [-0.2, 0) is 20.9 Å². The summed E-state index contributed by atoms with van der Waals surface area (Å²) >= 11 is 0. The molecule has 2 unspecified atom stereocenters. The van der Waals surface area contributed by atoms with Crippen LogP contribution in [0.4, 0.5) is 0 Å². The van der Waals surface area contributed by atoms with Gasteiger partial charge in [-0.15, -0.1) is 0 Å². The van der Waals surface area contributed by atoms with Crippen molar-refractivity contribution in [3.63, 3.8) is 0 Å². The Hall–Kier alpha value is -1.53. The Kier molecular flexibility index (Phi) is 5.94. The molecule has 1 aromatic carbocycles. The van der Waals surface area contributed by atoms with Crippen molar-refractivity contribution in [2.75, 3.05) is 13.2 Å². The first-order valence-electron chi connectivity index (χ1n) is 12.1. The molecule has 0 amide bonds. The third-order valence-corrected chi connectivity index (χ3v) is 8.95. The summed E-state index contributed by atoms with van der Waals surface area (Å²) in [5, 5.41) is 5.00. The Morgan fingerprint density at radius 1 is 1.16 bits per heavy atom. The van der Waals surface area contributed by atoms with Crippen LogP contribution in [0.5, 0.6) is 5.75 Å². The average molecular weight is 461 g/mol. The van der Waals surface area contributed by atoms with Crippen molar-refractivity contribution in [2.24, 2.45) is 11.1 Å². The summed E-state index contributed by atoms with van der Waals surface area (Å²) in [5.41, 5.74) is 4.33. The molecule has 0 spiro atoms. The Morgan fingerprint density at radius 2 is 1.81 bits per heavy atom. The zero-order valence-electron chi connectivity index (χ0n) is 20.6. The molecule has 1 aromatic rings. The maximum atomic E-state index is 12.5. The highest BCUT2D eigenvalue weighted by atomic mass is 32.2. The summed E-state index contributed by atoms with van der Waals surface area (Å²) in [6.07, 6.45) is 8.18. The van der Waals surface area contributed by atoms with Crippen molar-refractivity contribution >= 4 is 15.7 Å². The second kappa shape index (κ2) is 8.05. The first-order valence-corrected chi connectivity index (χ1v) is 13.7. The van der Waals surface area contributed by atoms with Gasteiger partial charge in [-0.1, -0.05) is 53.9 Å². The topological polar surface area (TPSA) is 72.6 Å². The number of sulfonamides is 1. The van der Waals surface area contributed by atoms with Gasteiger partial charge in [0.1, 0.15) is 11.0 Å². The third kappa shape index (κ3) is 4.33. The van der Waals surface area contributed by atoms with E-state index in [0.717, 1.165) is 23.6 Å². The van der Waals surface area contributed by atoms with E-state index in [4.69, 9.17) is 9.88 Å². The van der Waals surface area contributed by atoms with E-state index in [2.05, 4.69) is 51.7 Å². The van der Waals surface area contributed by atoms with Gasteiger partial charge in [0.25, 0.3) is 0 Å².